The molecule has 0 fully saturated rings. The number of ether oxygens (including phenoxy) is 1. The molecule has 4 nitrogen and oxygen atoms in total. The molecule has 1 aromatic carbocycles. The number of carbonyl (C=O) groups excluding carboxylic acids is 1. The topological polar surface area (TPSA) is 78.3 Å². The summed E-state index contributed by atoms with van der Waals surface area (Å²) in [6.07, 6.45) is 0.400. The first-order valence-electron chi connectivity index (χ1n) is 5.13. The van der Waals surface area contributed by atoms with Gasteiger partial charge in [0, 0.05) is 12.0 Å². The van der Waals surface area contributed by atoms with E-state index in [-0.39, 0.29) is 0 Å². The maximum atomic E-state index is 11.4. The summed E-state index contributed by atoms with van der Waals surface area (Å²) in [4.78, 5) is 11.8. The zero-order valence-corrected chi connectivity index (χ0v) is 10.7. The number of rotatable bonds is 4. The molecule has 0 aliphatic carbocycles. The van der Waals surface area contributed by atoms with Crippen molar-refractivity contribution in [3.63, 3.8) is 0 Å². The second-order valence-electron chi connectivity index (χ2n) is 4.15. The fourth-order valence-electron chi connectivity index (χ4n) is 1.52. The predicted octanol–water partition coefficient (Wildman–Crippen LogP) is 0.754. The average Bonchev–Trinajstić information content (AvgIpc) is 2.28. The molecule has 0 amide bonds. The van der Waals surface area contributed by atoms with Crippen LogP contribution in [0, 0.1) is 0 Å². The van der Waals surface area contributed by atoms with Crippen LogP contribution < -0.4 is 11.5 Å². The molecule has 5 heteroatoms. The summed E-state index contributed by atoms with van der Waals surface area (Å²) >= 11 is 4.85. The van der Waals surface area contributed by atoms with Gasteiger partial charge in [-0.3, -0.25) is 4.79 Å². The first-order chi connectivity index (χ1) is 7.86. The van der Waals surface area contributed by atoms with Crippen LogP contribution in [0.2, 0.25) is 0 Å². The molecule has 4 N–H and O–H groups in total. The minimum Gasteiger partial charge on any atom is -0.468 e. The third kappa shape index (κ3) is 3.51. The number of hydrogen-bond acceptors (Lipinski definition) is 4. The number of hydrogen-bond donors (Lipinski definition) is 2. The highest BCUT2D eigenvalue weighted by atomic mass is 32.1. The normalized spacial score (nSPS) is 13.8. The molecular formula is C12H16N2O2S. The Morgan fingerprint density at radius 3 is 2.35 bits per heavy atom. The van der Waals surface area contributed by atoms with Gasteiger partial charge < -0.3 is 16.2 Å². The molecule has 0 radical (unpaired) electrons. The van der Waals surface area contributed by atoms with E-state index in [1.807, 2.05) is 24.3 Å². The molecular weight excluding hydrogens is 236 g/mol. The van der Waals surface area contributed by atoms with Crippen LogP contribution in [0.1, 0.15) is 18.1 Å². The van der Waals surface area contributed by atoms with Gasteiger partial charge in [0.15, 0.2) is 0 Å². The summed E-state index contributed by atoms with van der Waals surface area (Å²) in [6.45, 7) is 1.64. The Bertz CT molecular complexity index is 427. The highest BCUT2D eigenvalue weighted by molar-refractivity contribution is 7.80. The number of benzene rings is 1. The molecule has 0 aliphatic rings. The first-order valence-corrected chi connectivity index (χ1v) is 5.53. The van der Waals surface area contributed by atoms with Crippen molar-refractivity contribution in [2.45, 2.75) is 18.9 Å². The highest BCUT2D eigenvalue weighted by Gasteiger charge is 2.29. The van der Waals surface area contributed by atoms with E-state index in [0.29, 0.717) is 11.4 Å². The summed E-state index contributed by atoms with van der Waals surface area (Å²) in [6, 6.07) is 7.32. The summed E-state index contributed by atoms with van der Waals surface area (Å²) in [7, 11) is 1.32. The molecule has 0 saturated carbocycles. The number of nitrogens with two attached hydrogens (primary N) is 2. The molecule has 1 rings (SSSR count). The smallest absolute Gasteiger partial charge is 0.325 e. The second kappa shape index (κ2) is 5.25. The van der Waals surface area contributed by atoms with Crippen LogP contribution in [0.15, 0.2) is 24.3 Å². The standard InChI is InChI=1S/C12H16N2O2S/c1-12(14,11(15)16-2)7-8-3-5-9(6-4-8)10(13)17/h3-6H,7,14H2,1-2H3,(H2,13,17)/t12-/m1/s1. The number of methoxy groups -OCH3 is 1. The van der Waals surface area contributed by atoms with Crippen molar-refractivity contribution in [3.8, 4) is 0 Å². The van der Waals surface area contributed by atoms with Crippen molar-refractivity contribution < 1.29 is 9.53 Å². The van der Waals surface area contributed by atoms with Gasteiger partial charge in [0.2, 0.25) is 0 Å². The van der Waals surface area contributed by atoms with E-state index in [0.717, 1.165) is 11.1 Å². The maximum Gasteiger partial charge on any atom is 0.325 e. The van der Waals surface area contributed by atoms with Gasteiger partial charge in [-0.25, -0.2) is 0 Å². The van der Waals surface area contributed by atoms with Crippen LogP contribution in [-0.2, 0) is 16.0 Å². The highest BCUT2D eigenvalue weighted by Crippen LogP contribution is 2.13. The zero-order valence-electron chi connectivity index (χ0n) is 9.90. The van der Waals surface area contributed by atoms with Crippen molar-refractivity contribution in [2.75, 3.05) is 7.11 Å². The Hall–Kier alpha value is -1.46. The van der Waals surface area contributed by atoms with Gasteiger partial charge in [0.25, 0.3) is 0 Å². The van der Waals surface area contributed by atoms with Gasteiger partial charge in [-0.2, -0.15) is 0 Å². The average molecular weight is 252 g/mol. The molecule has 0 heterocycles. The number of esters is 1. The van der Waals surface area contributed by atoms with Crippen molar-refractivity contribution in [1.82, 2.24) is 0 Å². The van der Waals surface area contributed by atoms with E-state index in [9.17, 15) is 4.79 Å². The quantitative estimate of drug-likeness (QED) is 0.611. The lowest BCUT2D eigenvalue weighted by Gasteiger charge is -2.21. The number of carbonyl (C=O) groups is 1. The van der Waals surface area contributed by atoms with Crippen molar-refractivity contribution in [3.05, 3.63) is 35.4 Å². The van der Waals surface area contributed by atoms with Gasteiger partial charge in [0.05, 0.1) is 7.11 Å². The molecule has 0 bridgehead atoms. The first kappa shape index (κ1) is 13.6. The lowest BCUT2D eigenvalue weighted by atomic mass is 9.93. The van der Waals surface area contributed by atoms with Crippen molar-refractivity contribution in [1.29, 1.82) is 0 Å². The lowest BCUT2D eigenvalue weighted by molar-refractivity contribution is -0.146. The van der Waals surface area contributed by atoms with E-state index in [1.165, 1.54) is 7.11 Å². The second-order valence-corrected chi connectivity index (χ2v) is 4.59. The molecule has 0 spiro atoms. The fraction of sp³-hybridized carbons (Fsp3) is 0.333. The predicted molar refractivity (Wildman–Crippen MR) is 70.6 cm³/mol. The van der Waals surface area contributed by atoms with Gasteiger partial charge in [-0.15, -0.1) is 0 Å². The van der Waals surface area contributed by atoms with Crippen molar-refractivity contribution in [2.24, 2.45) is 11.5 Å². The van der Waals surface area contributed by atoms with E-state index in [1.54, 1.807) is 6.92 Å². The summed E-state index contributed by atoms with van der Waals surface area (Å²) in [5.74, 6) is -0.434. The molecule has 92 valence electrons. The van der Waals surface area contributed by atoms with Crippen LogP contribution in [0.25, 0.3) is 0 Å². The molecule has 0 unspecified atom stereocenters. The molecule has 17 heavy (non-hydrogen) atoms. The minimum atomic E-state index is -1.03. The third-order valence-corrected chi connectivity index (χ3v) is 2.70. The van der Waals surface area contributed by atoms with Crippen LogP contribution in [-0.4, -0.2) is 23.6 Å². The molecule has 1 aromatic rings. The molecule has 0 aromatic heterocycles. The van der Waals surface area contributed by atoms with Gasteiger partial charge in [-0.1, -0.05) is 36.5 Å². The van der Waals surface area contributed by atoms with E-state index >= 15 is 0 Å². The Kier molecular flexibility index (Phi) is 4.20. The number of thiocarbonyl (C=S) groups is 1. The van der Waals surface area contributed by atoms with Crippen LogP contribution in [0.4, 0.5) is 0 Å². The summed E-state index contributed by atoms with van der Waals surface area (Å²) in [5, 5.41) is 0. The van der Waals surface area contributed by atoms with E-state index in [4.69, 9.17) is 23.7 Å². The lowest BCUT2D eigenvalue weighted by Crippen LogP contribution is -2.47. The third-order valence-electron chi connectivity index (χ3n) is 2.46. The Balaban J connectivity index is 2.82. The van der Waals surface area contributed by atoms with Gasteiger partial charge >= 0.3 is 5.97 Å². The zero-order chi connectivity index (χ0) is 13.1. The molecule has 0 saturated heterocycles. The van der Waals surface area contributed by atoms with Crippen LogP contribution >= 0.6 is 12.2 Å². The minimum absolute atomic E-state index is 0.347. The van der Waals surface area contributed by atoms with E-state index < -0.39 is 11.5 Å². The Labute approximate surface area is 106 Å². The summed E-state index contributed by atoms with van der Waals surface area (Å²) in [5.41, 5.74) is 12.1. The maximum absolute atomic E-state index is 11.4. The van der Waals surface area contributed by atoms with Gasteiger partial charge in [0.1, 0.15) is 10.5 Å². The van der Waals surface area contributed by atoms with Crippen LogP contribution in [0.3, 0.4) is 0 Å². The fourth-order valence-corrected chi connectivity index (χ4v) is 1.65. The Morgan fingerprint density at radius 1 is 1.41 bits per heavy atom. The Morgan fingerprint density at radius 2 is 1.94 bits per heavy atom. The molecule has 1 atom stereocenters. The SMILES string of the molecule is COC(=O)[C@](C)(N)Cc1ccc(C(N)=S)cc1. The largest absolute Gasteiger partial charge is 0.468 e. The van der Waals surface area contributed by atoms with E-state index in [2.05, 4.69) is 4.74 Å². The van der Waals surface area contributed by atoms with Crippen molar-refractivity contribution >= 4 is 23.2 Å². The monoisotopic (exact) mass is 252 g/mol. The molecule has 0 aliphatic heterocycles. The summed E-state index contributed by atoms with van der Waals surface area (Å²) < 4.78 is 4.64. The van der Waals surface area contributed by atoms with Crippen LogP contribution in [0.5, 0.6) is 0 Å². The van der Waals surface area contributed by atoms with Gasteiger partial charge in [-0.05, 0) is 12.5 Å².